The Morgan fingerprint density at radius 2 is 1.89 bits per heavy atom. The number of rotatable bonds is 2. The van der Waals surface area contributed by atoms with E-state index in [1.54, 1.807) is 4.90 Å². The Hall–Kier alpha value is -1.84. The van der Waals surface area contributed by atoms with E-state index in [-0.39, 0.29) is 11.8 Å². The summed E-state index contributed by atoms with van der Waals surface area (Å²) >= 11 is 0. The number of carbonyl (C=O) groups is 2. The number of carbonyl (C=O) groups excluding carboxylic acids is 1. The minimum atomic E-state index is -0.842. The van der Waals surface area contributed by atoms with Crippen molar-refractivity contribution in [2.45, 2.75) is 19.4 Å². The molecule has 1 saturated carbocycles. The van der Waals surface area contributed by atoms with Crippen LogP contribution in [0.25, 0.3) is 0 Å². The van der Waals surface area contributed by atoms with Crippen LogP contribution in [0.15, 0.2) is 24.3 Å². The van der Waals surface area contributed by atoms with Gasteiger partial charge in [-0.2, -0.15) is 0 Å². The second-order valence-corrected chi connectivity index (χ2v) is 5.07. The van der Waals surface area contributed by atoms with Crippen molar-refractivity contribution in [2.75, 3.05) is 6.54 Å². The van der Waals surface area contributed by atoms with Gasteiger partial charge in [-0.25, -0.2) is 0 Å². The lowest BCUT2D eigenvalue weighted by Gasteiger charge is -2.29. The van der Waals surface area contributed by atoms with Gasteiger partial charge in [-0.3, -0.25) is 9.59 Å². The van der Waals surface area contributed by atoms with Gasteiger partial charge in [0.25, 0.3) is 0 Å². The zero-order valence-electron chi connectivity index (χ0n) is 10.0. The zero-order chi connectivity index (χ0) is 12.7. The summed E-state index contributed by atoms with van der Waals surface area (Å²) in [7, 11) is 0. The maximum Gasteiger partial charge on any atom is 0.307 e. The molecule has 1 N–H and O–H groups in total. The maximum atomic E-state index is 12.1. The molecule has 1 aromatic rings. The Bertz CT molecular complexity index is 512. The third-order valence-electron chi connectivity index (χ3n) is 3.87. The van der Waals surface area contributed by atoms with E-state index < -0.39 is 11.9 Å². The molecule has 0 bridgehead atoms. The lowest BCUT2D eigenvalue weighted by atomic mass is 9.99. The fourth-order valence-corrected chi connectivity index (χ4v) is 2.66. The van der Waals surface area contributed by atoms with Gasteiger partial charge in [-0.1, -0.05) is 24.3 Å². The molecule has 4 nitrogen and oxygen atoms in total. The summed E-state index contributed by atoms with van der Waals surface area (Å²) in [6.07, 6.45) is 1.37. The molecule has 4 heteroatoms. The molecule has 1 aromatic carbocycles. The lowest BCUT2D eigenvalue weighted by Crippen LogP contribution is -2.37. The van der Waals surface area contributed by atoms with E-state index in [4.69, 9.17) is 5.11 Å². The predicted octanol–water partition coefficient (Wildman–Crippen LogP) is 1.29. The molecule has 18 heavy (non-hydrogen) atoms. The summed E-state index contributed by atoms with van der Waals surface area (Å²) < 4.78 is 0. The Morgan fingerprint density at radius 1 is 1.17 bits per heavy atom. The van der Waals surface area contributed by atoms with Gasteiger partial charge in [0.1, 0.15) is 0 Å². The van der Waals surface area contributed by atoms with E-state index >= 15 is 0 Å². The molecule has 0 spiro atoms. The molecule has 1 amide bonds. The second-order valence-electron chi connectivity index (χ2n) is 5.07. The Kier molecular flexibility index (Phi) is 2.58. The van der Waals surface area contributed by atoms with Crippen molar-refractivity contribution in [1.29, 1.82) is 0 Å². The molecule has 3 rings (SSSR count). The number of nitrogens with zero attached hydrogens (tertiary/aromatic N) is 1. The van der Waals surface area contributed by atoms with Crippen molar-refractivity contribution in [3.05, 3.63) is 35.4 Å². The Labute approximate surface area is 105 Å². The highest BCUT2D eigenvalue weighted by atomic mass is 16.4. The fraction of sp³-hybridized carbons (Fsp3) is 0.429. The van der Waals surface area contributed by atoms with Crippen LogP contribution in [0.5, 0.6) is 0 Å². The quantitative estimate of drug-likeness (QED) is 0.854. The number of aliphatic carboxylic acids is 1. The van der Waals surface area contributed by atoms with Crippen molar-refractivity contribution in [3.8, 4) is 0 Å². The number of carboxylic acids is 1. The summed E-state index contributed by atoms with van der Waals surface area (Å²) in [6, 6.07) is 8.12. The standard InChI is InChI=1S/C14H15NO3/c16-13(11-7-12(11)14(17)18)15-6-5-9-3-1-2-4-10(9)8-15/h1-4,11-12H,5-8H2,(H,17,18)/t11-,12-/m0/s1. The van der Waals surface area contributed by atoms with E-state index in [2.05, 4.69) is 6.07 Å². The van der Waals surface area contributed by atoms with Gasteiger partial charge >= 0.3 is 5.97 Å². The monoisotopic (exact) mass is 245 g/mol. The zero-order valence-corrected chi connectivity index (χ0v) is 10.0. The van der Waals surface area contributed by atoms with Crippen LogP contribution < -0.4 is 0 Å². The summed E-state index contributed by atoms with van der Waals surface area (Å²) in [4.78, 5) is 24.7. The molecular formula is C14H15NO3. The van der Waals surface area contributed by atoms with Crippen LogP contribution in [0.4, 0.5) is 0 Å². The largest absolute Gasteiger partial charge is 0.481 e. The molecule has 1 heterocycles. The Balaban J connectivity index is 1.70. The molecule has 2 atom stereocenters. The highest BCUT2D eigenvalue weighted by Crippen LogP contribution is 2.40. The molecule has 0 unspecified atom stereocenters. The minimum Gasteiger partial charge on any atom is -0.481 e. The molecule has 0 saturated heterocycles. The van der Waals surface area contributed by atoms with Crippen molar-refractivity contribution in [1.82, 2.24) is 4.90 Å². The summed E-state index contributed by atoms with van der Waals surface area (Å²) in [5.74, 6) is -1.56. The first-order chi connectivity index (χ1) is 8.66. The first-order valence-electron chi connectivity index (χ1n) is 6.25. The van der Waals surface area contributed by atoms with Crippen LogP contribution in [-0.2, 0) is 22.6 Å². The van der Waals surface area contributed by atoms with Crippen LogP contribution in [-0.4, -0.2) is 28.4 Å². The first-order valence-corrected chi connectivity index (χ1v) is 6.25. The topological polar surface area (TPSA) is 57.6 Å². The van der Waals surface area contributed by atoms with Gasteiger partial charge in [0.05, 0.1) is 11.8 Å². The highest BCUT2D eigenvalue weighted by Gasteiger charge is 2.49. The average molecular weight is 245 g/mol. The summed E-state index contributed by atoms with van der Waals surface area (Å²) in [5, 5.41) is 8.86. The molecular weight excluding hydrogens is 230 g/mol. The van der Waals surface area contributed by atoms with Crippen LogP contribution in [0, 0.1) is 11.8 Å². The number of benzene rings is 1. The van der Waals surface area contributed by atoms with Crippen LogP contribution in [0.1, 0.15) is 17.5 Å². The first kappa shape index (κ1) is 11.3. The fourth-order valence-electron chi connectivity index (χ4n) is 2.66. The third-order valence-corrected chi connectivity index (χ3v) is 3.87. The molecule has 0 aromatic heterocycles. The van der Waals surface area contributed by atoms with Crippen LogP contribution in [0.2, 0.25) is 0 Å². The Morgan fingerprint density at radius 3 is 2.56 bits per heavy atom. The van der Waals surface area contributed by atoms with Gasteiger partial charge in [-0.15, -0.1) is 0 Å². The van der Waals surface area contributed by atoms with Crippen LogP contribution in [0.3, 0.4) is 0 Å². The van der Waals surface area contributed by atoms with Crippen molar-refractivity contribution >= 4 is 11.9 Å². The van der Waals surface area contributed by atoms with Gasteiger partial charge in [0, 0.05) is 13.1 Å². The number of hydrogen-bond acceptors (Lipinski definition) is 2. The van der Waals surface area contributed by atoms with E-state index in [1.165, 1.54) is 11.1 Å². The number of hydrogen-bond donors (Lipinski definition) is 1. The molecule has 0 radical (unpaired) electrons. The SMILES string of the molecule is O=C(O)[C@H]1C[C@@H]1C(=O)N1CCc2ccccc2C1. The second kappa shape index (κ2) is 4.12. The van der Waals surface area contributed by atoms with E-state index in [9.17, 15) is 9.59 Å². The van der Waals surface area contributed by atoms with E-state index in [0.717, 1.165) is 6.42 Å². The molecule has 1 fully saturated rings. The third kappa shape index (κ3) is 1.88. The van der Waals surface area contributed by atoms with Gasteiger partial charge < -0.3 is 10.0 Å². The van der Waals surface area contributed by atoms with Gasteiger partial charge in [-0.05, 0) is 24.0 Å². The molecule has 2 aliphatic rings. The number of fused-ring (bicyclic) bond motifs is 1. The van der Waals surface area contributed by atoms with E-state index in [0.29, 0.717) is 19.5 Å². The number of amides is 1. The molecule has 1 aliphatic carbocycles. The maximum absolute atomic E-state index is 12.1. The molecule has 1 aliphatic heterocycles. The lowest BCUT2D eigenvalue weighted by molar-refractivity contribution is -0.142. The summed E-state index contributed by atoms with van der Waals surface area (Å²) in [5.41, 5.74) is 2.48. The molecule has 94 valence electrons. The smallest absolute Gasteiger partial charge is 0.307 e. The van der Waals surface area contributed by atoms with Gasteiger partial charge in [0.15, 0.2) is 0 Å². The minimum absolute atomic E-state index is 0.0110. The van der Waals surface area contributed by atoms with Crippen molar-refractivity contribution < 1.29 is 14.7 Å². The van der Waals surface area contributed by atoms with Crippen molar-refractivity contribution in [3.63, 3.8) is 0 Å². The van der Waals surface area contributed by atoms with Crippen molar-refractivity contribution in [2.24, 2.45) is 11.8 Å². The van der Waals surface area contributed by atoms with Gasteiger partial charge in [0.2, 0.25) is 5.91 Å². The van der Waals surface area contributed by atoms with Crippen LogP contribution >= 0.6 is 0 Å². The average Bonchev–Trinajstić information content (AvgIpc) is 3.17. The number of carboxylic acid groups (broad SMARTS) is 1. The highest BCUT2D eigenvalue weighted by molar-refractivity contribution is 5.89. The predicted molar refractivity (Wildman–Crippen MR) is 64.8 cm³/mol. The van der Waals surface area contributed by atoms with E-state index in [1.807, 2.05) is 18.2 Å². The summed E-state index contributed by atoms with van der Waals surface area (Å²) in [6.45, 7) is 1.33. The normalized spacial score (nSPS) is 25.4.